The van der Waals surface area contributed by atoms with Crippen molar-refractivity contribution in [1.29, 1.82) is 0 Å². The number of rotatable bonds is 3. The third kappa shape index (κ3) is 2.75. The molecular formula is C15H22N2O2S. The van der Waals surface area contributed by atoms with Crippen molar-refractivity contribution < 1.29 is 8.42 Å². The van der Waals surface area contributed by atoms with Gasteiger partial charge in [0.15, 0.2) is 0 Å². The van der Waals surface area contributed by atoms with Crippen LogP contribution < -0.4 is 0 Å². The molecule has 0 bridgehead atoms. The van der Waals surface area contributed by atoms with Gasteiger partial charge in [-0.25, -0.2) is 8.42 Å². The Morgan fingerprint density at radius 3 is 2.80 bits per heavy atom. The van der Waals surface area contributed by atoms with Crippen molar-refractivity contribution in [3.05, 3.63) is 35.4 Å². The molecule has 2 aliphatic heterocycles. The first-order chi connectivity index (χ1) is 9.56. The van der Waals surface area contributed by atoms with Crippen LogP contribution in [0.3, 0.4) is 0 Å². The number of aryl methyl sites for hydroxylation is 1. The second kappa shape index (κ2) is 5.47. The summed E-state index contributed by atoms with van der Waals surface area (Å²) in [6, 6.07) is 8.18. The van der Waals surface area contributed by atoms with Crippen molar-refractivity contribution in [3.63, 3.8) is 0 Å². The summed E-state index contributed by atoms with van der Waals surface area (Å²) in [4.78, 5) is 2.43. The van der Waals surface area contributed by atoms with E-state index in [2.05, 4.69) is 4.90 Å². The van der Waals surface area contributed by atoms with Gasteiger partial charge in [-0.05, 0) is 37.4 Å². The van der Waals surface area contributed by atoms with Gasteiger partial charge in [-0.2, -0.15) is 4.31 Å². The highest BCUT2D eigenvalue weighted by Crippen LogP contribution is 2.24. The number of fused-ring (bicyclic) bond motifs is 1. The number of hydrogen-bond acceptors (Lipinski definition) is 3. The molecule has 5 heteroatoms. The lowest BCUT2D eigenvalue weighted by molar-refractivity contribution is 0.158. The molecular weight excluding hydrogens is 272 g/mol. The van der Waals surface area contributed by atoms with Crippen molar-refractivity contribution in [2.24, 2.45) is 0 Å². The zero-order valence-corrected chi connectivity index (χ0v) is 12.8. The first kappa shape index (κ1) is 14.0. The SMILES string of the molecule is Cc1ccccc1CS(=O)(=O)N1CCN2CCCC2C1. The second-order valence-corrected chi connectivity index (χ2v) is 7.84. The van der Waals surface area contributed by atoms with Crippen LogP contribution in [0.1, 0.15) is 24.0 Å². The fourth-order valence-corrected chi connectivity index (χ4v) is 4.93. The standard InChI is InChI=1S/C15H22N2O2S/c1-13-5-2-3-6-14(13)12-20(18,19)17-10-9-16-8-4-7-15(16)11-17/h2-3,5-6,15H,4,7-12H2,1H3. The number of piperazine rings is 1. The smallest absolute Gasteiger partial charge is 0.218 e. The van der Waals surface area contributed by atoms with Crippen LogP contribution in [0.25, 0.3) is 0 Å². The average molecular weight is 294 g/mol. The minimum atomic E-state index is -3.19. The zero-order valence-electron chi connectivity index (χ0n) is 12.0. The van der Waals surface area contributed by atoms with Gasteiger partial charge in [0, 0.05) is 25.7 Å². The molecule has 2 heterocycles. The van der Waals surface area contributed by atoms with Gasteiger partial charge in [-0.3, -0.25) is 4.90 Å². The molecule has 0 spiro atoms. The highest BCUT2D eigenvalue weighted by Gasteiger charge is 2.35. The van der Waals surface area contributed by atoms with Gasteiger partial charge in [-0.1, -0.05) is 24.3 Å². The number of sulfonamides is 1. The molecule has 3 rings (SSSR count). The summed E-state index contributed by atoms with van der Waals surface area (Å²) in [6.07, 6.45) is 2.34. The van der Waals surface area contributed by atoms with Crippen molar-refractivity contribution >= 4 is 10.0 Å². The molecule has 2 fully saturated rings. The fourth-order valence-electron chi connectivity index (χ4n) is 3.28. The minimum Gasteiger partial charge on any atom is -0.298 e. The molecule has 1 unspecified atom stereocenters. The zero-order chi connectivity index (χ0) is 14.2. The third-order valence-corrected chi connectivity index (χ3v) is 6.34. The topological polar surface area (TPSA) is 40.6 Å². The molecule has 110 valence electrons. The highest BCUT2D eigenvalue weighted by molar-refractivity contribution is 7.88. The van der Waals surface area contributed by atoms with Crippen LogP contribution in [0.2, 0.25) is 0 Å². The van der Waals surface area contributed by atoms with Crippen LogP contribution in [0.4, 0.5) is 0 Å². The van der Waals surface area contributed by atoms with E-state index in [0.29, 0.717) is 19.1 Å². The van der Waals surface area contributed by atoms with Crippen LogP contribution in [0, 0.1) is 6.92 Å². The summed E-state index contributed by atoms with van der Waals surface area (Å²) < 4.78 is 26.9. The number of hydrogen-bond donors (Lipinski definition) is 0. The van der Waals surface area contributed by atoms with Crippen LogP contribution in [0.15, 0.2) is 24.3 Å². The van der Waals surface area contributed by atoms with Crippen molar-refractivity contribution in [2.75, 3.05) is 26.2 Å². The van der Waals surface area contributed by atoms with Gasteiger partial charge in [0.1, 0.15) is 0 Å². The van der Waals surface area contributed by atoms with Gasteiger partial charge < -0.3 is 0 Å². The molecule has 4 nitrogen and oxygen atoms in total. The monoisotopic (exact) mass is 294 g/mol. The molecule has 0 saturated carbocycles. The first-order valence-electron chi connectivity index (χ1n) is 7.33. The van der Waals surface area contributed by atoms with E-state index in [1.54, 1.807) is 4.31 Å². The molecule has 1 atom stereocenters. The Balaban J connectivity index is 1.74. The maximum Gasteiger partial charge on any atom is 0.218 e. The van der Waals surface area contributed by atoms with E-state index in [1.807, 2.05) is 31.2 Å². The molecule has 1 aromatic rings. The van der Waals surface area contributed by atoms with E-state index < -0.39 is 10.0 Å². The molecule has 0 aromatic heterocycles. The predicted octanol–water partition coefficient (Wildman–Crippen LogP) is 1.60. The molecule has 2 aliphatic rings. The van der Waals surface area contributed by atoms with Gasteiger partial charge >= 0.3 is 0 Å². The molecule has 0 radical (unpaired) electrons. The highest BCUT2D eigenvalue weighted by atomic mass is 32.2. The molecule has 2 saturated heterocycles. The normalized spacial score (nSPS) is 24.8. The van der Waals surface area contributed by atoms with E-state index in [1.165, 1.54) is 6.42 Å². The predicted molar refractivity (Wildman–Crippen MR) is 80.0 cm³/mol. The Bertz CT molecular complexity index is 585. The Morgan fingerprint density at radius 2 is 2.00 bits per heavy atom. The Labute approximate surface area is 121 Å². The maximum atomic E-state index is 12.6. The number of nitrogens with zero attached hydrogens (tertiary/aromatic N) is 2. The van der Waals surface area contributed by atoms with E-state index in [-0.39, 0.29) is 5.75 Å². The minimum absolute atomic E-state index is 0.131. The van der Waals surface area contributed by atoms with Crippen molar-refractivity contribution in [2.45, 2.75) is 31.6 Å². The quantitative estimate of drug-likeness (QED) is 0.850. The Hall–Kier alpha value is -0.910. The van der Waals surface area contributed by atoms with Crippen molar-refractivity contribution in [3.8, 4) is 0 Å². The van der Waals surface area contributed by atoms with E-state index in [0.717, 1.165) is 30.6 Å². The van der Waals surface area contributed by atoms with E-state index in [4.69, 9.17) is 0 Å². The van der Waals surface area contributed by atoms with Crippen LogP contribution >= 0.6 is 0 Å². The third-order valence-electron chi connectivity index (χ3n) is 4.54. The van der Waals surface area contributed by atoms with Crippen LogP contribution in [-0.4, -0.2) is 49.8 Å². The van der Waals surface area contributed by atoms with Crippen LogP contribution in [-0.2, 0) is 15.8 Å². The lowest BCUT2D eigenvalue weighted by atomic mass is 10.1. The van der Waals surface area contributed by atoms with Gasteiger partial charge in [0.25, 0.3) is 0 Å². The van der Waals surface area contributed by atoms with Crippen molar-refractivity contribution in [1.82, 2.24) is 9.21 Å². The Kier molecular flexibility index (Phi) is 3.84. The lowest BCUT2D eigenvalue weighted by Crippen LogP contribution is -2.52. The van der Waals surface area contributed by atoms with E-state index >= 15 is 0 Å². The summed E-state index contributed by atoms with van der Waals surface area (Å²) in [5, 5.41) is 0. The van der Waals surface area contributed by atoms with E-state index in [9.17, 15) is 8.42 Å². The van der Waals surface area contributed by atoms with Gasteiger partial charge in [0.2, 0.25) is 10.0 Å². The average Bonchev–Trinajstić information content (AvgIpc) is 2.88. The number of benzene rings is 1. The van der Waals surface area contributed by atoms with Gasteiger partial charge in [0.05, 0.1) is 5.75 Å². The van der Waals surface area contributed by atoms with Crippen LogP contribution in [0.5, 0.6) is 0 Å². The second-order valence-electron chi connectivity index (χ2n) is 5.87. The first-order valence-corrected chi connectivity index (χ1v) is 8.93. The Morgan fingerprint density at radius 1 is 1.20 bits per heavy atom. The summed E-state index contributed by atoms with van der Waals surface area (Å²) in [5.74, 6) is 0.131. The molecule has 0 amide bonds. The fraction of sp³-hybridized carbons (Fsp3) is 0.600. The molecule has 0 aliphatic carbocycles. The summed E-state index contributed by atoms with van der Waals surface area (Å²) in [7, 11) is -3.19. The molecule has 20 heavy (non-hydrogen) atoms. The maximum absolute atomic E-state index is 12.6. The summed E-state index contributed by atoms with van der Waals surface area (Å²) in [5.41, 5.74) is 1.97. The summed E-state index contributed by atoms with van der Waals surface area (Å²) >= 11 is 0. The largest absolute Gasteiger partial charge is 0.298 e. The summed E-state index contributed by atoms with van der Waals surface area (Å²) in [6.45, 7) is 5.31. The molecule has 1 aromatic carbocycles. The lowest BCUT2D eigenvalue weighted by Gasteiger charge is -2.36. The molecule has 0 N–H and O–H groups in total. The van der Waals surface area contributed by atoms with Gasteiger partial charge in [-0.15, -0.1) is 0 Å².